The maximum atomic E-state index is 13.2. The van der Waals surface area contributed by atoms with Crippen LogP contribution < -0.4 is 0 Å². The highest BCUT2D eigenvalue weighted by Gasteiger charge is 2.51. The highest BCUT2D eigenvalue weighted by Crippen LogP contribution is 2.40. The number of nitrogens with zero attached hydrogens (tertiary/aromatic N) is 1. The number of hydrogen-bond acceptors (Lipinski definition) is 4. The van der Waals surface area contributed by atoms with Gasteiger partial charge in [0.05, 0.1) is 18.1 Å². The van der Waals surface area contributed by atoms with E-state index >= 15 is 0 Å². The van der Waals surface area contributed by atoms with Crippen molar-refractivity contribution >= 4 is 12.1 Å². The fourth-order valence-electron chi connectivity index (χ4n) is 5.56. The van der Waals surface area contributed by atoms with Crippen molar-refractivity contribution < 1.29 is 24.2 Å². The Bertz CT molecular complexity index is 772. The van der Waals surface area contributed by atoms with Crippen LogP contribution in [0.1, 0.15) is 84.6 Å². The monoisotopic (exact) mass is 459 g/mol. The lowest BCUT2D eigenvalue weighted by Crippen LogP contribution is -2.49. The summed E-state index contributed by atoms with van der Waals surface area (Å²) in [5.41, 5.74) is 0.0745. The molecule has 0 aromatic heterocycles. The molecule has 1 aliphatic carbocycles. The minimum absolute atomic E-state index is 0.199. The van der Waals surface area contributed by atoms with E-state index in [0.717, 1.165) is 24.8 Å². The summed E-state index contributed by atoms with van der Waals surface area (Å²) in [6, 6.07) is 9.41. The molecule has 3 rings (SSSR count). The number of amides is 1. The van der Waals surface area contributed by atoms with Gasteiger partial charge in [-0.1, -0.05) is 76.3 Å². The van der Waals surface area contributed by atoms with Crippen molar-refractivity contribution in [1.29, 1.82) is 0 Å². The Morgan fingerprint density at radius 2 is 1.76 bits per heavy atom. The standard InChI is InChI=1S/C27H41NO5/c1-19(2)15-23-24(17-22(25(29)30)16-20-11-7-5-8-12-20)33-27(3,4)28(23)26(31)32-18-21-13-9-6-10-14-21/h6,9-10,13-14,19-20,22-24H,5,7-8,11-12,15-18H2,1-4H3,(H,29,30)/t22-,23+,24+/m1/s1. The molecule has 0 spiro atoms. The second-order valence-corrected chi connectivity index (χ2v) is 10.7. The SMILES string of the molecule is CC(C)C[C@H]1[C@H](C[C@@H](CC2CCCCC2)C(=O)O)OC(C)(C)N1C(=O)OCc1ccccc1. The van der Waals surface area contributed by atoms with Gasteiger partial charge in [-0.15, -0.1) is 0 Å². The molecule has 1 heterocycles. The van der Waals surface area contributed by atoms with E-state index in [1.54, 1.807) is 4.90 Å². The van der Waals surface area contributed by atoms with Crippen LogP contribution in [0.15, 0.2) is 30.3 Å². The Hall–Kier alpha value is -2.08. The van der Waals surface area contributed by atoms with Crippen LogP contribution in [-0.4, -0.2) is 39.9 Å². The van der Waals surface area contributed by atoms with Gasteiger partial charge in [-0.05, 0) is 50.5 Å². The summed E-state index contributed by atoms with van der Waals surface area (Å²) in [6.07, 6.45) is 7.02. The number of carbonyl (C=O) groups is 2. The normalized spacial score (nSPS) is 24.1. The van der Waals surface area contributed by atoms with Crippen LogP contribution in [0.5, 0.6) is 0 Å². The van der Waals surface area contributed by atoms with Crippen LogP contribution in [-0.2, 0) is 20.9 Å². The number of benzene rings is 1. The summed E-state index contributed by atoms with van der Waals surface area (Å²) in [5.74, 6) is -0.398. The largest absolute Gasteiger partial charge is 0.481 e. The Morgan fingerprint density at radius 3 is 2.36 bits per heavy atom. The molecular weight excluding hydrogens is 418 g/mol. The number of carboxylic acids is 1. The lowest BCUT2D eigenvalue weighted by atomic mass is 9.80. The predicted octanol–water partition coefficient (Wildman–Crippen LogP) is 6.24. The fraction of sp³-hybridized carbons (Fsp3) is 0.704. The smallest absolute Gasteiger partial charge is 0.412 e. The van der Waals surface area contributed by atoms with Gasteiger partial charge in [-0.3, -0.25) is 9.69 Å². The van der Waals surface area contributed by atoms with Crippen LogP contribution in [0.25, 0.3) is 0 Å². The molecule has 0 radical (unpaired) electrons. The number of hydrogen-bond donors (Lipinski definition) is 1. The van der Waals surface area contributed by atoms with Gasteiger partial charge in [-0.2, -0.15) is 0 Å². The first-order valence-corrected chi connectivity index (χ1v) is 12.6. The molecule has 6 nitrogen and oxygen atoms in total. The van der Waals surface area contributed by atoms with E-state index in [0.29, 0.717) is 24.7 Å². The van der Waals surface area contributed by atoms with Crippen molar-refractivity contribution in [2.75, 3.05) is 0 Å². The van der Waals surface area contributed by atoms with Crippen LogP contribution in [0.2, 0.25) is 0 Å². The summed E-state index contributed by atoms with van der Waals surface area (Å²) in [7, 11) is 0. The lowest BCUT2D eigenvalue weighted by molar-refractivity contribution is -0.145. The molecule has 0 unspecified atom stereocenters. The van der Waals surface area contributed by atoms with Gasteiger partial charge >= 0.3 is 12.1 Å². The molecule has 0 bridgehead atoms. The molecule has 1 aromatic rings. The molecule has 184 valence electrons. The van der Waals surface area contributed by atoms with Crippen molar-refractivity contribution in [3.63, 3.8) is 0 Å². The first-order chi connectivity index (χ1) is 15.7. The summed E-state index contributed by atoms with van der Waals surface area (Å²) in [6.45, 7) is 8.19. The average molecular weight is 460 g/mol. The minimum atomic E-state index is -0.855. The summed E-state index contributed by atoms with van der Waals surface area (Å²) >= 11 is 0. The number of aliphatic carboxylic acids is 1. The molecular formula is C27H41NO5. The van der Waals surface area contributed by atoms with Gasteiger partial charge in [0.1, 0.15) is 12.3 Å². The zero-order valence-electron chi connectivity index (χ0n) is 20.7. The van der Waals surface area contributed by atoms with Gasteiger partial charge < -0.3 is 14.6 Å². The Labute approximate surface area is 198 Å². The highest BCUT2D eigenvalue weighted by atomic mass is 16.6. The molecule has 33 heavy (non-hydrogen) atoms. The van der Waals surface area contributed by atoms with Gasteiger partial charge in [0.25, 0.3) is 0 Å². The van der Waals surface area contributed by atoms with Crippen molar-refractivity contribution in [3.8, 4) is 0 Å². The average Bonchev–Trinajstić information content (AvgIpc) is 3.01. The van der Waals surface area contributed by atoms with E-state index in [1.165, 1.54) is 19.3 Å². The van der Waals surface area contributed by atoms with E-state index in [1.807, 2.05) is 44.2 Å². The Balaban J connectivity index is 1.73. The molecule has 3 atom stereocenters. The van der Waals surface area contributed by atoms with Crippen LogP contribution in [0.3, 0.4) is 0 Å². The molecule has 1 N–H and O–H groups in total. The van der Waals surface area contributed by atoms with E-state index in [9.17, 15) is 14.7 Å². The second-order valence-electron chi connectivity index (χ2n) is 10.7. The van der Waals surface area contributed by atoms with Crippen molar-refractivity contribution in [3.05, 3.63) is 35.9 Å². The molecule has 6 heteroatoms. The molecule has 1 amide bonds. The number of carbonyl (C=O) groups excluding carboxylic acids is 1. The third kappa shape index (κ3) is 6.95. The first-order valence-electron chi connectivity index (χ1n) is 12.6. The quantitative estimate of drug-likeness (QED) is 0.473. The highest BCUT2D eigenvalue weighted by molar-refractivity contribution is 5.71. The van der Waals surface area contributed by atoms with Crippen LogP contribution >= 0.6 is 0 Å². The Morgan fingerprint density at radius 1 is 1.09 bits per heavy atom. The first kappa shape index (κ1) is 25.5. The van der Waals surface area contributed by atoms with E-state index < -0.39 is 23.7 Å². The van der Waals surface area contributed by atoms with Crippen molar-refractivity contribution in [2.45, 2.75) is 104 Å². The summed E-state index contributed by atoms with van der Waals surface area (Å²) in [5, 5.41) is 9.99. The van der Waals surface area contributed by atoms with Crippen molar-refractivity contribution in [1.82, 2.24) is 4.90 Å². The van der Waals surface area contributed by atoms with Gasteiger partial charge in [-0.25, -0.2) is 4.79 Å². The van der Waals surface area contributed by atoms with E-state index in [-0.39, 0.29) is 18.8 Å². The zero-order chi connectivity index (χ0) is 24.0. The fourth-order valence-corrected chi connectivity index (χ4v) is 5.56. The predicted molar refractivity (Wildman–Crippen MR) is 128 cm³/mol. The third-order valence-corrected chi connectivity index (χ3v) is 7.10. The van der Waals surface area contributed by atoms with Gasteiger partial charge in [0.15, 0.2) is 0 Å². The molecule has 1 saturated heterocycles. The van der Waals surface area contributed by atoms with E-state index in [2.05, 4.69) is 13.8 Å². The molecule has 1 aromatic carbocycles. The summed E-state index contributed by atoms with van der Waals surface area (Å²) < 4.78 is 12.1. The molecule has 2 fully saturated rings. The molecule has 1 aliphatic heterocycles. The lowest BCUT2D eigenvalue weighted by Gasteiger charge is -2.33. The number of carboxylic acid groups (broad SMARTS) is 1. The number of rotatable bonds is 9. The summed E-state index contributed by atoms with van der Waals surface area (Å²) in [4.78, 5) is 27.1. The van der Waals surface area contributed by atoms with Crippen LogP contribution in [0.4, 0.5) is 4.79 Å². The maximum Gasteiger partial charge on any atom is 0.412 e. The van der Waals surface area contributed by atoms with Crippen LogP contribution in [0, 0.1) is 17.8 Å². The van der Waals surface area contributed by atoms with Crippen molar-refractivity contribution in [2.24, 2.45) is 17.8 Å². The topological polar surface area (TPSA) is 76.1 Å². The number of ether oxygens (including phenoxy) is 2. The van der Waals surface area contributed by atoms with Gasteiger partial charge in [0.2, 0.25) is 0 Å². The Kier molecular flexibility index (Phi) is 8.80. The molecule has 1 saturated carbocycles. The minimum Gasteiger partial charge on any atom is -0.481 e. The zero-order valence-corrected chi connectivity index (χ0v) is 20.7. The molecule has 2 aliphatic rings. The second kappa shape index (κ2) is 11.4. The third-order valence-electron chi connectivity index (χ3n) is 7.10. The maximum absolute atomic E-state index is 13.2. The van der Waals surface area contributed by atoms with Gasteiger partial charge in [0, 0.05) is 0 Å². The van der Waals surface area contributed by atoms with E-state index in [4.69, 9.17) is 9.47 Å².